The monoisotopic (exact) mass is 267 g/mol. The van der Waals surface area contributed by atoms with Gasteiger partial charge in [0.15, 0.2) is 0 Å². The smallest absolute Gasteiger partial charge is 0.319 e. The van der Waals surface area contributed by atoms with E-state index in [2.05, 4.69) is 6.07 Å². The Bertz CT molecular complexity index is 518. The molecule has 1 aliphatic rings. The van der Waals surface area contributed by atoms with Crippen molar-refractivity contribution in [2.24, 2.45) is 5.92 Å². The number of nitrogens with zero attached hydrogens (tertiary/aromatic N) is 3. The summed E-state index contributed by atoms with van der Waals surface area (Å²) in [6, 6.07) is 5.06. The van der Waals surface area contributed by atoms with Crippen molar-refractivity contribution in [3.8, 4) is 6.07 Å². The average molecular weight is 267 g/mol. The molecule has 2 rings (SSSR count). The highest BCUT2D eigenvalue weighted by Crippen LogP contribution is 2.22. The van der Waals surface area contributed by atoms with Gasteiger partial charge in [-0.2, -0.15) is 14.0 Å². The van der Waals surface area contributed by atoms with Crippen molar-refractivity contribution < 1.29 is 13.6 Å². The number of halogens is 2. The average Bonchev–Trinajstić information content (AvgIpc) is 2.80. The number of hydrogen-bond acceptors (Lipinski definition) is 2. The Kier molecular flexibility index (Phi) is 3.84. The molecule has 0 spiro atoms. The number of aromatic nitrogens is 1. The minimum absolute atomic E-state index is 0.00825. The van der Waals surface area contributed by atoms with E-state index < -0.39 is 12.5 Å². The first-order valence-electron chi connectivity index (χ1n) is 6.19. The van der Waals surface area contributed by atoms with Gasteiger partial charge in [0.2, 0.25) is 0 Å². The molecule has 1 atom stereocenters. The second-order valence-corrected chi connectivity index (χ2v) is 4.73. The lowest BCUT2D eigenvalue weighted by Crippen LogP contribution is -2.40. The van der Waals surface area contributed by atoms with Crippen LogP contribution in [0.5, 0.6) is 0 Å². The van der Waals surface area contributed by atoms with Crippen LogP contribution in [0.1, 0.15) is 35.6 Å². The van der Waals surface area contributed by atoms with E-state index in [0.29, 0.717) is 18.8 Å². The fourth-order valence-electron chi connectivity index (χ4n) is 2.41. The second-order valence-electron chi connectivity index (χ2n) is 4.73. The predicted molar refractivity (Wildman–Crippen MR) is 64.7 cm³/mol. The van der Waals surface area contributed by atoms with Gasteiger partial charge in [-0.05, 0) is 31.9 Å². The molecule has 102 valence electrons. The third kappa shape index (κ3) is 2.60. The highest BCUT2D eigenvalue weighted by atomic mass is 19.3. The summed E-state index contributed by atoms with van der Waals surface area (Å²) in [5, 5.41) is 8.89. The molecule has 1 fully saturated rings. The van der Waals surface area contributed by atoms with E-state index in [1.54, 1.807) is 0 Å². The maximum atomic E-state index is 12.9. The molecule has 0 saturated carbocycles. The number of amides is 1. The summed E-state index contributed by atoms with van der Waals surface area (Å²) in [5.41, 5.74) is 0.346. The first-order valence-corrected chi connectivity index (χ1v) is 6.19. The SMILES string of the molecule is Cc1ccc(C(=O)N2CCC[C@H](C#N)C2)n1C(F)F. The summed E-state index contributed by atoms with van der Waals surface area (Å²) in [6.45, 7) is -0.352. The molecule has 0 unspecified atom stereocenters. The maximum Gasteiger partial charge on any atom is 0.319 e. The van der Waals surface area contributed by atoms with Gasteiger partial charge < -0.3 is 4.90 Å². The van der Waals surface area contributed by atoms with Crippen LogP contribution in [-0.2, 0) is 0 Å². The number of piperidine rings is 1. The minimum atomic E-state index is -2.73. The van der Waals surface area contributed by atoms with Crippen molar-refractivity contribution in [3.05, 3.63) is 23.5 Å². The van der Waals surface area contributed by atoms with Gasteiger partial charge in [-0.3, -0.25) is 9.36 Å². The Morgan fingerprint density at radius 3 is 2.89 bits per heavy atom. The van der Waals surface area contributed by atoms with E-state index in [0.717, 1.165) is 17.4 Å². The van der Waals surface area contributed by atoms with Crippen molar-refractivity contribution in [3.63, 3.8) is 0 Å². The van der Waals surface area contributed by atoms with Crippen LogP contribution in [0.2, 0.25) is 0 Å². The van der Waals surface area contributed by atoms with Crippen LogP contribution >= 0.6 is 0 Å². The molecule has 0 aromatic carbocycles. The van der Waals surface area contributed by atoms with Gasteiger partial charge in [0.1, 0.15) is 5.69 Å². The zero-order valence-corrected chi connectivity index (χ0v) is 10.6. The van der Waals surface area contributed by atoms with Gasteiger partial charge in [0.25, 0.3) is 5.91 Å². The summed E-state index contributed by atoms with van der Waals surface area (Å²) >= 11 is 0. The van der Waals surface area contributed by atoms with Crippen molar-refractivity contribution in [1.29, 1.82) is 5.26 Å². The number of rotatable bonds is 2. The molecule has 1 aliphatic heterocycles. The molecule has 0 aliphatic carbocycles. The summed E-state index contributed by atoms with van der Waals surface area (Å²) < 4.78 is 26.6. The number of hydrogen-bond donors (Lipinski definition) is 0. The van der Waals surface area contributed by atoms with Crippen LogP contribution in [0.4, 0.5) is 8.78 Å². The van der Waals surface area contributed by atoms with Crippen molar-refractivity contribution in [1.82, 2.24) is 9.47 Å². The zero-order valence-electron chi connectivity index (χ0n) is 10.6. The Morgan fingerprint density at radius 1 is 1.53 bits per heavy atom. The van der Waals surface area contributed by atoms with Crippen LogP contribution in [0.25, 0.3) is 0 Å². The lowest BCUT2D eigenvalue weighted by molar-refractivity contribution is 0.0525. The van der Waals surface area contributed by atoms with Crippen LogP contribution in [0, 0.1) is 24.2 Å². The summed E-state index contributed by atoms with van der Waals surface area (Å²) in [4.78, 5) is 13.8. The van der Waals surface area contributed by atoms with Crippen LogP contribution < -0.4 is 0 Å². The van der Waals surface area contributed by atoms with Gasteiger partial charge in [-0.25, -0.2) is 0 Å². The minimum Gasteiger partial charge on any atom is -0.336 e. The molecular weight excluding hydrogens is 252 g/mol. The van der Waals surface area contributed by atoms with Gasteiger partial charge in [0, 0.05) is 18.8 Å². The third-order valence-corrected chi connectivity index (χ3v) is 3.43. The van der Waals surface area contributed by atoms with Crippen molar-refractivity contribution in [2.45, 2.75) is 26.3 Å². The Labute approximate surface area is 110 Å². The Hall–Kier alpha value is -1.90. The highest BCUT2D eigenvalue weighted by molar-refractivity contribution is 5.93. The fourth-order valence-corrected chi connectivity index (χ4v) is 2.41. The quantitative estimate of drug-likeness (QED) is 0.826. The molecule has 0 radical (unpaired) electrons. The second kappa shape index (κ2) is 5.39. The number of nitriles is 1. The summed E-state index contributed by atoms with van der Waals surface area (Å²) in [6.07, 6.45) is 1.49. The fraction of sp³-hybridized carbons (Fsp3) is 0.538. The first-order chi connectivity index (χ1) is 9.04. The normalized spacial score (nSPS) is 19.5. The zero-order chi connectivity index (χ0) is 14.0. The molecule has 1 saturated heterocycles. The van der Waals surface area contributed by atoms with Crippen LogP contribution in [-0.4, -0.2) is 28.5 Å². The molecule has 6 heteroatoms. The van der Waals surface area contributed by atoms with Gasteiger partial charge in [-0.1, -0.05) is 0 Å². The van der Waals surface area contributed by atoms with Gasteiger partial charge >= 0.3 is 6.55 Å². The predicted octanol–water partition coefficient (Wildman–Crippen LogP) is 2.57. The van der Waals surface area contributed by atoms with Crippen molar-refractivity contribution in [2.75, 3.05) is 13.1 Å². The standard InChI is InChI=1S/C13H15F2N3O/c1-9-4-5-11(18(9)13(14)15)12(19)17-6-2-3-10(7-16)8-17/h4-5,10,13H,2-3,6,8H2,1H3/t10-/m1/s1. The topological polar surface area (TPSA) is 49.0 Å². The van der Waals surface area contributed by atoms with E-state index in [4.69, 9.17) is 5.26 Å². The molecule has 2 heterocycles. The third-order valence-electron chi connectivity index (χ3n) is 3.43. The van der Waals surface area contributed by atoms with E-state index in [1.165, 1.54) is 24.0 Å². The molecule has 0 bridgehead atoms. The van der Waals surface area contributed by atoms with Crippen LogP contribution in [0.15, 0.2) is 12.1 Å². The molecule has 1 aromatic rings. The first kappa shape index (κ1) is 13.5. The Balaban J connectivity index is 2.23. The van der Waals surface area contributed by atoms with E-state index in [1.807, 2.05) is 0 Å². The molecule has 4 nitrogen and oxygen atoms in total. The van der Waals surface area contributed by atoms with Gasteiger partial charge in [0.05, 0.1) is 12.0 Å². The lowest BCUT2D eigenvalue weighted by atomic mass is 9.99. The number of aryl methyl sites for hydroxylation is 1. The van der Waals surface area contributed by atoms with Crippen LogP contribution in [0.3, 0.4) is 0 Å². The molecular formula is C13H15F2N3O. The number of carbonyl (C=O) groups is 1. The Morgan fingerprint density at radius 2 is 2.26 bits per heavy atom. The molecule has 19 heavy (non-hydrogen) atoms. The van der Waals surface area contributed by atoms with E-state index in [9.17, 15) is 13.6 Å². The maximum absolute atomic E-state index is 12.9. The number of alkyl halides is 2. The molecule has 0 N–H and O–H groups in total. The lowest BCUT2D eigenvalue weighted by Gasteiger charge is -2.29. The van der Waals surface area contributed by atoms with E-state index >= 15 is 0 Å². The molecule has 1 amide bonds. The summed E-state index contributed by atoms with van der Waals surface area (Å²) in [5.74, 6) is -0.623. The highest BCUT2D eigenvalue weighted by Gasteiger charge is 2.27. The number of likely N-dealkylation sites (tertiary alicyclic amines) is 1. The number of carbonyl (C=O) groups excluding carboxylic acids is 1. The van der Waals surface area contributed by atoms with Gasteiger partial charge in [-0.15, -0.1) is 0 Å². The largest absolute Gasteiger partial charge is 0.336 e. The van der Waals surface area contributed by atoms with Crippen molar-refractivity contribution >= 4 is 5.91 Å². The van der Waals surface area contributed by atoms with E-state index in [-0.39, 0.29) is 11.6 Å². The summed E-state index contributed by atoms with van der Waals surface area (Å²) in [7, 11) is 0. The molecule has 1 aromatic heterocycles.